The molecular formula is C7H9NO2. The molecule has 0 aliphatic heterocycles. The topological polar surface area (TPSA) is 53.4 Å². The lowest BCUT2D eigenvalue weighted by Gasteiger charge is -1.98. The lowest BCUT2D eigenvalue weighted by molar-refractivity contribution is 0.276. The summed E-state index contributed by atoms with van der Waals surface area (Å²) >= 11 is 0. The fourth-order valence-corrected chi connectivity index (χ4v) is 0.694. The van der Waals surface area contributed by atoms with Crippen molar-refractivity contribution in [3.8, 4) is 5.75 Å². The second-order valence-corrected chi connectivity index (χ2v) is 2.07. The second-order valence-electron chi connectivity index (χ2n) is 2.07. The third-order valence-corrected chi connectivity index (χ3v) is 1.28. The molecule has 0 aliphatic rings. The van der Waals surface area contributed by atoms with Gasteiger partial charge in [0.05, 0.1) is 18.0 Å². The highest BCUT2D eigenvalue weighted by atomic mass is 16.3. The molecule has 2 N–H and O–H groups in total. The Hall–Kier alpha value is -1.09. The van der Waals surface area contributed by atoms with E-state index in [9.17, 15) is 0 Å². The zero-order valence-electron chi connectivity index (χ0n) is 5.70. The maximum atomic E-state index is 9.00. The van der Waals surface area contributed by atoms with Crippen LogP contribution in [0.1, 0.15) is 11.4 Å². The number of hydrogen-bond acceptors (Lipinski definition) is 3. The molecule has 0 bridgehead atoms. The largest absolute Gasteiger partial charge is 0.506 e. The van der Waals surface area contributed by atoms with Crippen LogP contribution in [0.15, 0.2) is 12.1 Å². The van der Waals surface area contributed by atoms with Gasteiger partial charge in [-0.25, -0.2) is 0 Å². The normalized spacial score (nSPS) is 9.80. The van der Waals surface area contributed by atoms with Gasteiger partial charge in [0, 0.05) is 0 Å². The van der Waals surface area contributed by atoms with Crippen LogP contribution in [0.4, 0.5) is 0 Å². The zero-order valence-corrected chi connectivity index (χ0v) is 5.70. The lowest BCUT2D eigenvalue weighted by Crippen LogP contribution is -1.90. The molecule has 3 nitrogen and oxygen atoms in total. The minimum atomic E-state index is -0.0822. The van der Waals surface area contributed by atoms with Gasteiger partial charge in [-0.05, 0) is 19.1 Å². The van der Waals surface area contributed by atoms with Gasteiger partial charge in [-0.3, -0.25) is 4.98 Å². The van der Waals surface area contributed by atoms with E-state index in [0.717, 1.165) is 0 Å². The Balaban J connectivity index is 3.04. The molecule has 1 aromatic heterocycles. The van der Waals surface area contributed by atoms with Crippen molar-refractivity contribution in [2.75, 3.05) is 0 Å². The smallest absolute Gasteiger partial charge is 0.136 e. The molecular weight excluding hydrogens is 130 g/mol. The maximum Gasteiger partial charge on any atom is 0.136 e. The van der Waals surface area contributed by atoms with Crippen LogP contribution >= 0.6 is 0 Å². The quantitative estimate of drug-likeness (QED) is 0.598. The summed E-state index contributed by atoms with van der Waals surface area (Å²) in [5.41, 5.74) is 1.13. The Morgan fingerprint density at radius 1 is 1.50 bits per heavy atom. The van der Waals surface area contributed by atoms with Gasteiger partial charge in [0.25, 0.3) is 0 Å². The standard InChI is InChI=1S/C7H9NO2/c1-5-7(10)3-2-6(4-9)8-5/h2-3,9-10H,4H2,1H3. The molecule has 0 unspecified atom stereocenters. The molecule has 3 heteroatoms. The van der Waals surface area contributed by atoms with Crippen LogP contribution in [0.25, 0.3) is 0 Å². The molecule has 1 rings (SSSR count). The van der Waals surface area contributed by atoms with Crippen LogP contribution in [0.5, 0.6) is 5.75 Å². The van der Waals surface area contributed by atoms with E-state index >= 15 is 0 Å². The van der Waals surface area contributed by atoms with E-state index in [2.05, 4.69) is 4.98 Å². The van der Waals surface area contributed by atoms with Crippen LogP contribution in [-0.2, 0) is 6.61 Å². The minimum Gasteiger partial charge on any atom is -0.506 e. The van der Waals surface area contributed by atoms with Crippen molar-refractivity contribution >= 4 is 0 Å². The number of aromatic nitrogens is 1. The van der Waals surface area contributed by atoms with Crippen molar-refractivity contribution in [3.05, 3.63) is 23.5 Å². The summed E-state index contributed by atoms with van der Waals surface area (Å²) in [6, 6.07) is 3.11. The fraction of sp³-hybridized carbons (Fsp3) is 0.286. The molecule has 0 amide bonds. The van der Waals surface area contributed by atoms with E-state index in [1.165, 1.54) is 6.07 Å². The Morgan fingerprint density at radius 2 is 2.20 bits per heavy atom. The number of aromatic hydroxyl groups is 1. The van der Waals surface area contributed by atoms with Crippen molar-refractivity contribution in [2.24, 2.45) is 0 Å². The van der Waals surface area contributed by atoms with Gasteiger partial charge >= 0.3 is 0 Å². The Morgan fingerprint density at radius 3 is 2.70 bits per heavy atom. The number of aliphatic hydroxyl groups excluding tert-OH is 1. The summed E-state index contributed by atoms with van der Waals surface area (Å²) in [4.78, 5) is 3.89. The first-order valence-electron chi connectivity index (χ1n) is 3.00. The number of pyridine rings is 1. The van der Waals surface area contributed by atoms with E-state index in [4.69, 9.17) is 10.2 Å². The van der Waals surface area contributed by atoms with Crippen LogP contribution in [0, 0.1) is 6.92 Å². The molecule has 0 atom stereocenters. The van der Waals surface area contributed by atoms with E-state index in [0.29, 0.717) is 11.4 Å². The Kier molecular flexibility index (Phi) is 1.87. The van der Waals surface area contributed by atoms with Crippen LogP contribution in [-0.4, -0.2) is 15.2 Å². The number of aliphatic hydroxyl groups is 1. The first kappa shape index (κ1) is 7.02. The van der Waals surface area contributed by atoms with Gasteiger partial charge in [-0.1, -0.05) is 0 Å². The molecule has 0 aliphatic carbocycles. The van der Waals surface area contributed by atoms with E-state index < -0.39 is 0 Å². The molecule has 1 heterocycles. The number of nitrogens with zero attached hydrogens (tertiary/aromatic N) is 1. The molecule has 0 fully saturated rings. The van der Waals surface area contributed by atoms with Gasteiger partial charge in [-0.15, -0.1) is 0 Å². The van der Waals surface area contributed by atoms with Gasteiger partial charge < -0.3 is 10.2 Å². The zero-order chi connectivity index (χ0) is 7.56. The summed E-state index contributed by atoms with van der Waals surface area (Å²) in [7, 11) is 0. The molecule has 1 aromatic rings. The minimum absolute atomic E-state index is 0.0822. The number of rotatable bonds is 1. The molecule has 0 aromatic carbocycles. The van der Waals surface area contributed by atoms with Gasteiger partial charge in [0.2, 0.25) is 0 Å². The molecule has 54 valence electrons. The molecule has 0 saturated heterocycles. The summed E-state index contributed by atoms with van der Waals surface area (Å²) in [5, 5.41) is 17.6. The molecule has 0 saturated carbocycles. The summed E-state index contributed by atoms with van der Waals surface area (Å²) in [5.74, 6) is 0.164. The predicted molar refractivity (Wildman–Crippen MR) is 36.6 cm³/mol. The van der Waals surface area contributed by atoms with Crippen molar-refractivity contribution in [3.63, 3.8) is 0 Å². The second kappa shape index (κ2) is 2.66. The summed E-state index contributed by atoms with van der Waals surface area (Å²) < 4.78 is 0. The Labute approximate surface area is 59.0 Å². The first-order valence-corrected chi connectivity index (χ1v) is 3.00. The van der Waals surface area contributed by atoms with E-state index in [-0.39, 0.29) is 12.4 Å². The Bertz CT molecular complexity index is 235. The van der Waals surface area contributed by atoms with Gasteiger partial charge in [0.15, 0.2) is 0 Å². The maximum absolute atomic E-state index is 9.00. The summed E-state index contributed by atoms with van der Waals surface area (Å²) in [6.45, 7) is 1.61. The van der Waals surface area contributed by atoms with Crippen LogP contribution in [0.3, 0.4) is 0 Å². The average Bonchev–Trinajstić information content (AvgIpc) is 1.95. The first-order chi connectivity index (χ1) is 4.74. The monoisotopic (exact) mass is 139 g/mol. The number of hydrogen-bond donors (Lipinski definition) is 2. The predicted octanol–water partition coefficient (Wildman–Crippen LogP) is 0.588. The highest BCUT2D eigenvalue weighted by molar-refractivity contribution is 5.26. The van der Waals surface area contributed by atoms with Crippen molar-refractivity contribution in [1.82, 2.24) is 4.98 Å². The number of aryl methyl sites for hydroxylation is 1. The third kappa shape index (κ3) is 1.25. The molecule has 10 heavy (non-hydrogen) atoms. The highest BCUT2D eigenvalue weighted by Crippen LogP contribution is 2.12. The van der Waals surface area contributed by atoms with E-state index in [1.54, 1.807) is 13.0 Å². The van der Waals surface area contributed by atoms with Crippen molar-refractivity contribution < 1.29 is 10.2 Å². The summed E-state index contributed by atoms with van der Waals surface area (Å²) in [6.07, 6.45) is 0. The third-order valence-electron chi connectivity index (χ3n) is 1.28. The van der Waals surface area contributed by atoms with E-state index in [1.807, 2.05) is 0 Å². The van der Waals surface area contributed by atoms with Gasteiger partial charge in [-0.2, -0.15) is 0 Å². The lowest BCUT2D eigenvalue weighted by atomic mass is 10.3. The van der Waals surface area contributed by atoms with Crippen molar-refractivity contribution in [1.29, 1.82) is 0 Å². The average molecular weight is 139 g/mol. The van der Waals surface area contributed by atoms with Crippen LogP contribution < -0.4 is 0 Å². The highest BCUT2D eigenvalue weighted by Gasteiger charge is 1.96. The van der Waals surface area contributed by atoms with Gasteiger partial charge in [0.1, 0.15) is 5.75 Å². The van der Waals surface area contributed by atoms with Crippen molar-refractivity contribution in [2.45, 2.75) is 13.5 Å². The van der Waals surface area contributed by atoms with Crippen LogP contribution in [0.2, 0.25) is 0 Å². The molecule has 0 radical (unpaired) electrons. The molecule has 0 spiro atoms. The fourth-order valence-electron chi connectivity index (χ4n) is 0.694. The SMILES string of the molecule is Cc1nc(CO)ccc1O.